The first kappa shape index (κ1) is 25.6. The molecule has 0 atom stereocenters. The molecule has 0 bridgehead atoms. The van der Waals surface area contributed by atoms with Crippen LogP contribution in [0, 0.1) is 11.8 Å². The monoisotopic (exact) mass is 505 g/mol. The zero-order chi connectivity index (χ0) is 25.9. The fourth-order valence-corrected chi connectivity index (χ4v) is 5.67. The van der Waals surface area contributed by atoms with Gasteiger partial charge in [-0.25, -0.2) is 13.4 Å². The SMILES string of the molecule is CC(C)CN(CC(C)C)S(=O)(=O)c1ccc(C(=O)Nc2ccc(-c3nc4ccccc4o3)cc2)cc1. The van der Waals surface area contributed by atoms with E-state index < -0.39 is 10.0 Å². The van der Waals surface area contributed by atoms with Crippen molar-refractivity contribution in [3.05, 3.63) is 78.4 Å². The van der Waals surface area contributed by atoms with Gasteiger partial charge in [0.2, 0.25) is 15.9 Å². The van der Waals surface area contributed by atoms with Crippen LogP contribution in [0.25, 0.3) is 22.6 Å². The Hall–Kier alpha value is -3.49. The molecule has 4 rings (SSSR count). The molecule has 3 aromatic carbocycles. The Labute approximate surface area is 212 Å². The van der Waals surface area contributed by atoms with E-state index in [1.807, 2.05) is 64.1 Å². The molecule has 36 heavy (non-hydrogen) atoms. The number of anilines is 1. The van der Waals surface area contributed by atoms with Crippen molar-refractivity contribution in [3.63, 3.8) is 0 Å². The standard InChI is InChI=1S/C28H31N3O4S/c1-19(2)17-31(18-20(3)4)36(33,34)24-15-11-21(12-16-24)27(32)29-23-13-9-22(10-14-23)28-30-25-7-5-6-8-26(25)35-28/h5-16,19-20H,17-18H2,1-4H3,(H,29,32). The van der Waals surface area contributed by atoms with Crippen molar-refractivity contribution in [1.82, 2.24) is 9.29 Å². The summed E-state index contributed by atoms with van der Waals surface area (Å²) in [5.74, 6) is 0.597. The van der Waals surface area contributed by atoms with Crippen molar-refractivity contribution in [2.45, 2.75) is 32.6 Å². The minimum Gasteiger partial charge on any atom is -0.436 e. The number of hydrogen-bond donors (Lipinski definition) is 1. The van der Waals surface area contributed by atoms with E-state index in [0.717, 1.165) is 11.1 Å². The van der Waals surface area contributed by atoms with E-state index in [1.165, 1.54) is 28.6 Å². The van der Waals surface area contributed by atoms with Crippen molar-refractivity contribution in [2.24, 2.45) is 11.8 Å². The topological polar surface area (TPSA) is 92.5 Å². The lowest BCUT2D eigenvalue weighted by molar-refractivity contribution is 0.102. The normalized spacial score (nSPS) is 12.1. The second kappa shape index (κ2) is 10.6. The average molecular weight is 506 g/mol. The van der Waals surface area contributed by atoms with E-state index in [-0.39, 0.29) is 22.6 Å². The van der Waals surface area contributed by atoms with Gasteiger partial charge in [0, 0.05) is 29.9 Å². The van der Waals surface area contributed by atoms with Crippen LogP contribution in [-0.2, 0) is 10.0 Å². The second-order valence-electron chi connectivity index (χ2n) is 9.65. The maximum Gasteiger partial charge on any atom is 0.255 e. The number of hydrogen-bond acceptors (Lipinski definition) is 5. The Morgan fingerprint density at radius 2 is 1.50 bits per heavy atom. The summed E-state index contributed by atoms with van der Waals surface area (Å²) in [5.41, 5.74) is 3.28. The average Bonchev–Trinajstić information content (AvgIpc) is 3.28. The van der Waals surface area contributed by atoms with Crippen molar-refractivity contribution in [1.29, 1.82) is 0 Å². The third kappa shape index (κ3) is 5.83. The summed E-state index contributed by atoms with van der Waals surface area (Å²) >= 11 is 0. The number of aromatic nitrogens is 1. The molecule has 0 radical (unpaired) electrons. The molecule has 1 heterocycles. The maximum absolute atomic E-state index is 13.2. The van der Waals surface area contributed by atoms with Gasteiger partial charge in [0.1, 0.15) is 5.52 Å². The summed E-state index contributed by atoms with van der Waals surface area (Å²) in [6.07, 6.45) is 0. The van der Waals surface area contributed by atoms with E-state index in [1.54, 1.807) is 12.1 Å². The Balaban J connectivity index is 1.45. The first-order chi connectivity index (χ1) is 17.1. The van der Waals surface area contributed by atoms with Gasteiger partial charge in [0.25, 0.3) is 5.91 Å². The number of fused-ring (bicyclic) bond motifs is 1. The fraction of sp³-hybridized carbons (Fsp3) is 0.286. The number of nitrogens with one attached hydrogen (secondary N) is 1. The third-order valence-corrected chi connectivity index (χ3v) is 7.42. The Kier molecular flexibility index (Phi) is 7.56. The Morgan fingerprint density at radius 3 is 2.08 bits per heavy atom. The van der Waals surface area contributed by atoms with E-state index in [0.29, 0.717) is 35.8 Å². The van der Waals surface area contributed by atoms with Crippen LogP contribution in [0.4, 0.5) is 5.69 Å². The van der Waals surface area contributed by atoms with Crippen molar-refractivity contribution >= 4 is 32.7 Å². The van der Waals surface area contributed by atoms with Crippen LogP contribution in [0.15, 0.2) is 82.1 Å². The fourth-order valence-electron chi connectivity index (χ4n) is 3.91. The molecule has 0 fully saturated rings. The minimum absolute atomic E-state index is 0.183. The Bertz CT molecular complexity index is 1400. The van der Waals surface area contributed by atoms with Crippen LogP contribution in [-0.4, -0.2) is 36.7 Å². The van der Waals surface area contributed by atoms with Crippen molar-refractivity contribution in [2.75, 3.05) is 18.4 Å². The van der Waals surface area contributed by atoms with Crippen LogP contribution in [0.2, 0.25) is 0 Å². The van der Waals surface area contributed by atoms with E-state index in [4.69, 9.17) is 4.42 Å². The summed E-state index contributed by atoms with van der Waals surface area (Å²) < 4.78 is 33.7. The molecule has 1 aromatic heterocycles. The van der Waals surface area contributed by atoms with Gasteiger partial charge in [0.15, 0.2) is 5.58 Å². The number of benzene rings is 3. The molecule has 0 unspecified atom stereocenters. The largest absolute Gasteiger partial charge is 0.436 e. The van der Waals surface area contributed by atoms with Crippen molar-refractivity contribution < 1.29 is 17.6 Å². The molecule has 0 saturated heterocycles. The number of carbonyl (C=O) groups is 1. The third-order valence-electron chi connectivity index (χ3n) is 5.58. The second-order valence-corrected chi connectivity index (χ2v) is 11.6. The number of sulfonamides is 1. The van der Waals surface area contributed by atoms with Gasteiger partial charge in [-0.05, 0) is 72.5 Å². The molecule has 0 saturated carbocycles. The van der Waals surface area contributed by atoms with Gasteiger partial charge in [-0.3, -0.25) is 4.79 Å². The molecular formula is C28H31N3O4S. The first-order valence-electron chi connectivity index (χ1n) is 12.0. The van der Waals surface area contributed by atoms with Crippen LogP contribution in [0.5, 0.6) is 0 Å². The number of amides is 1. The summed E-state index contributed by atoms with van der Waals surface area (Å²) in [6, 6.07) is 20.8. The molecule has 8 heteroatoms. The molecule has 0 aliphatic heterocycles. The number of oxazole rings is 1. The molecule has 188 valence electrons. The zero-order valence-electron chi connectivity index (χ0n) is 20.9. The molecule has 0 aliphatic rings. The highest BCUT2D eigenvalue weighted by atomic mass is 32.2. The highest BCUT2D eigenvalue weighted by Gasteiger charge is 2.26. The highest BCUT2D eigenvalue weighted by molar-refractivity contribution is 7.89. The molecule has 0 spiro atoms. The number of carbonyl (C=O) groups excluding carboxylic acids is 1. The van der Waals surface area contributed by atoms with Gasteiger partial charge >= 0.3 is 0 Å². The van der Waals surface area contributed by atoms with Crippen LogP contribution >= 0.6 is 0 Å². The predicted octanol–water partition coefficient (Wildman–Crippen LogP) is 6.05. The Morgan fingerprint density at radius 1 is 0.889 bits per heavy atom. The molecular weight excluding hydrogens is 474 g/mol. The van der Waals surface area contributed by atoms with Crippen LogP contribution in [0.1, 0.15) is 38.1 Å². The van der Waals surface area contributed by atoms with Crippen LogP contribution < -0.4 is 5.32 Å². The molecule has 1 amide bonds. The summed E-state index contributed by atoms with van der Waals surface area (Å²) in [6.45, 7) is 8.88. The minimum atomic E-state index is -3.65. The lowest BCUT2D eigenvalue weighted by Crippen LogP contribution is -2.37. The van der Waals surface area contributed by atoms with Gasteiger partial charge in [0.05, 0.1) is 4.90 Å². The van der Waals surface area contributed by atoms with Crippen LogP contribution in [0.3, 0.4) is 0 Å². The lowest BCUT2D eigenvalue weighted by atomic mass is 10.2. The van der Waals surface area contributed by atoms with E-state index in [2.05, 4.69) is 10.3 Å². The quantitative estimate of drug-likeness (QED) is 0.299. The molecule has 1 N–H and O–H groups in total. The summed E-state index contributed by atoms with van der Waals surface area (Å²) in [4.78, 5) is 17.4. The molecule has 0 aliphatic carbocycles. The number of para-hydroxylation sites is 2. The van der Waals surface area contributed by atoms with Gasteiger partial charge in [-0.2, -0.15) is 4.31 Å². The lowest BCUT2D eigenvalue weighted by Gasteiger charge is -2.25. The predicted molar refractivity (Wildman–Crippen MR) is 142 cm³/mol. The summed E-state index contributed by atoms with van der Waals surface area (Å²) in [5, 5.41) is 2.85. The van der Waals surface area contributed by atoms with Gasteiger partial charge in [-0.15, -0.1) is 0 Å². The highest BCUT2D eigenvalue weighted by Crippen LogP contribution is 2.25. The summed E-state index contributed by atoms with van der Waals surface area (Å²) in [7, 11) is -3.65. The van der Waals surface area contributed by atoms with E-state index >= 15 is 0 Å². The maximum atomic E-state index is 13.2. The zero-order valence-corrected chi connectivity index (χ0v) is 21.7. The smallest absolute Gasteiger partial charge is 0.255 e. The number of nitrogens with zero attached hydrogens (tertiary/aromatic N) is 2. The number of rotatable bonds is 9. The van der Waals surface area contributed by atoms with Gasteiger partial charge < -0.3 is 9.73 Å². The molecule has 4 aromatic rings. The van der Waals surface area contributed by atoms with E-state index in [9.17, 15) is 13.2 Å². The first-order valence-corrected chi connectivity index (χ1v) is 13.4. The van der Waals surface area contributed by atoms with Crippen molar-refractivity contribution in [3.8, 4) is 11.5 Å². The van der Waals surface area contributed by atoms with Gasteiger partial charge in [-0.1, -0.05) is 39.8 Å². The molecule has 7 nitrogen and oxygen atoms in total.